The van der Waals surface area contributed by atoms with Gasteiger partial charge in [0.05, 0.1) is 12.0 Å². The summed E-state index contributed by atoms with van der Waals surface area (Å²) in [7, 11) is 0. The summed E-state index contributed by atoms with van der Waals surface area (Å²) >= 11 is 1.45. The predicted octanol–water partition coefficient (Wildman–Crippen LogP) is 3.87. The molecule has 0 saturated heterocycles. The zero-order valence-electron chi connectivity index (χ0n) is 16.2. The predicted molar refractivity (Wildman–Crippen MR) is 109 cm³/mol. The van der Waals surface area contributed by atoms with Crippen LogP contribution in [-0.2, 0) is 24.3 Å². The van der Waals surface area contributed by atoms with Crippen LogP contribution < -0.4 is 0 Å². The van der Waals surface area contributed by atoms with Crippen molar-refractivity contribution in [1.82, 2.24) is 19.7 Å². The van der Waals surface area contributed by atoms with Crippen molar-refractivity contribution < 1.29 is 9.21 Å². The van der Waals surface area contributed by atoms with E-state index in [0.29, 0.717) is 29.8 Å². The van der Waals surface area contributed by atoms with Gasteiger partial charge in [-0.3, -0.25) is 9.36 Å². The van der Waals surface area contributed by atoms with Crippen molar-refractivity contribution in [1.29, 1.82) is 0 Å². The Morgan fingerprint density at radius 3 is 2.75 bits per heavy atom. The smallest absolute Gasteiger partial charge is 0.233 e. The monoisotopic (exact) mass is 396 g/mol. The summed E-state index contributed by atoms with van der Waals surface area (Å²) in [5.74, 6) is 2.33. The number of carbonyl (C=O) groups excluding carboxylic acids is 1. The molecule has 0 fully saturated rings. The molecule has 1 amide bonds. The fourth-order valence-electron chi connectivity index (χ4n) is 3.44. The van der Waals surface area contributed by atoms with Gasteiger partial charge < -0.3 is 9.32 Å². The molecule has 0 atom stereocenters. The van der Waals surface area contributed by atoms with Crippen LogP contribution in [0, 0.1) is 5.92 Å². The molecule has 28 heavy (non-hydrogen) atoms. The minimum absolute atomic E-state index is 0.137. The quantitative estimate of drug-likeness (QED) is 0.592. The highest BCUT2D eigenvalue weighted by Crippen LogP contribution is 2.26. The van der Waals surface area contributed by atoms with Gasteiger partial charge in [-0.05, 0) is 35.6 Å². The molecule has 1 aliphatic rings. The number of rotatable bonds is 6. The van der Waals surface area contributed by atoms with Crippen LogP contribution in [0.4, 0.5) is 0 Å². The van der Waals surface area contributed by atoms with Crippen molar-refractivity contribution in [3.8, 4) is 11.6 Å². The minimum Gasteiger partial charge on any atom is -0.461 e. The number of aromatic nitrogens is 3. The van der Waals surface area contributed by atoms with E-state index in [9.17, 15) is 4.79 Å². The maximum absolute atomic E-state index is 12.8. The van der Waals surface area contributed by atoms with E-state index in [1.165, 1.54) is 22.9 Å². The number of amides is 1. The van der Waals surface area contributed by atoms with Crippen LogP contribution in [0.1, 0.15) is 25.0 Å². The molecule has 1 aromatic carbocycles. The van der Waals surface area contributed by atoms with Crippen molar-refractivity contribution in [2.45, 2.75) is 38.5 Å². The van der Waals surface area contributed by atoms with Gasteiger partial charge in [0.1, 0.15) is 0 Å². The average Bonchev–Trinajstić information content (AvgIpc) is 3.35. The zero-order chi connectivity index (χ0) is 19.5. The van der Waals surface area contributed by atoms with E-state index in [1.807, 2.05) is 27.7 Å². The molecule has 6 nitrogen and oxygen atoms in total. The average molecular weight is 397 g/mol. The molecule has 2 aromatic heterocycles. The van der Waals surface area contributed by atoms with E-state index in [0.717, 1.165) is 24.7 Å². The molecule has 0 radical (unpaired) electrons. The third-order valence-corrected chi connectivity index (χ3v) is 5.77. The van der Waals surface area contributed by atoms with Crippen LogP contribution in [0.5, 0.6) is 0 Å². The maximum Gasteiger partial charge on any atom is 0.233 e. The summed E-state index contributed by atoms with van der Waals surface area (Å²) in [5, 5.41) is 9.38. The van der Waals surface area contributed by atoms with Crippen molar-refractivity contribution in [2.75, 3.05) is 12.3 Å². The first-order valence-electron chi connectivity index (χ1n) is 9.56. The SMILES string of the molecule is CC(C)Cn1c(SCC(=O)N2CCc3ccccc3C2)nnc1-c1ccco1. The first-order valence-corrected chi connectivity index (χ1v) is 10.5. The van der Waals surface area contributed by atoms with Gasteiger partial charge in [-0.1, -0.05) is 49.9 Å². The number of carbonyl (C=O) groups is 1. The molecule has 3 heterocycles. The van der Waals surface area contributed by atoms with Gasteiger partial charge in [0.15, 0.2) is 16.7 Å². The van der Waals surface area contributed by atoms with Gasteiger partial charge in [0, 0.05) is 19.6 Å². The lowest BCUT2D eigenvalue weighted by Crippen LogP contribution is -2.37. The number of hydrogen-bond donors (Lipinski definition) is 0. The Kier molecular flexibility index (Phi) is 5.52. The molecule has 4 rings (SSSR count). The Labute approximate surface area is 168 Å². The highest BCUT2D eigenvalue weighted by molar-refractivity contribution is 7.99. The third kappa shape index (κ3) is 3.99. The van der Waals surface area contributed by atoms with Gasteiger partial charge in [-0.25, -0.2) is 0 Å². The molecule has 7 heteroatoms. The second-order valence-corrected chi connectivity index (χ2v) is 8.35. The van der Waals surface area contributed by atoms with E-state index in [1.54, 1.807) is 6.26 Å². The number of benzene rings is 1. The number of thioether (sulfide) groups is 1. The fraction of sp³-hybridized carbons (Fsp3) is 0.381. The fourth-order valence-corrected chi connectivity index (χ4v) is 4.29. The summed E-state index contributed by atoms with van der Waals surface area (Å²) in [5.41, 5.74) is 2.59. The summed E-state index contributed by atoms with van der Waals surface area (Å²) in [6.07, 6.45) is 2.55. The normalized spacial score (nSPS) is 13.8. The van der Waals surface area contributed by atoms with Gasteiger partial charge in [-0.15, -0.1) is 10.2 Å². The molecule has 0 unspecified atom stereocenters. The first kappa shape index (κ1) is 18.8. The van der Waals surface area contributed by atoms with Gasteiger partial charge in [-0.2, -0.15) is 0 Å². The molecule has 0 spiro atoms. The van der Waals surface area contributed by atoms with E-state index in [2.05, 4.69) is 42.2 Å². The molecular formula is C21H24N4O2S. The van der Waals surface area contributed by atoms with Gasteiger partial charge in [0.2, 0.25) is 5.91 Å². The second kappa shape index (κ2) is 8.22. The standard InChI is InChI=1S/C21H24N4O2S/c1-15(2)12-25-20(18-8-5-11-27-18)22-23-21(25)28-14-19(26)24-10-9-16-6-3-4-7-17(16)13-24/h3-8,11,15H,9-10,12-14H2,1-2H3. The summed E-state index contributed by atoms with van der Waals surface area (Å²) in [6, 6.07) is 12.1. The molecule has 3 aromatic rings. The third-order valence-electron chi connectivity index (χ3n) is 4.81. The number of fused-ring (bicyclic) bond motifs is 1. The molecule has 0 N–H and O–H groups in total. The van der Waals surface area contributed by atoms with E-state index in [4.69, 9.17) is 4.42 Å². The highest BCUT2D eigenvalue weighted by Gasteiger charge is 2.22. The van der Waals surface area contributed by atoms with E-state index < -0.39 is 0 Å². The molecule has 146 valence electrons. The van der Waals surface area contributed by atoms with Crippen molar-refractivity contribution in [3.63, 3.8) is 0 Å². The lowest BCUT2D eigenvalue weighted by atomic mass is 10.00. The van der Waals surface area contributed by atoms with Crippen molar-refractivity contribution in [3.05, 3.63) is 53.8 Å². The van der Waals surface area contributed by atoms with Crippen LogP contribution >= 0.6 is 11.8 Å². The molecular weight excluding hydrogens is 372 g/mol. The largest absolute Gasteiger partial charge is 0.461 e. The molecule has 0 saturated carbocycles. The van der Waals surface area contributed by atoms with E-state index >= 15 is 0 Å². The van der Waals surface area contributed by atoms with Crippen molar-refractivity contribution in [2.24, 2.45) is 5.92 Å². The highest BCUT2D eigenvalue weighted by atomic mass is 32.2. The lowest BCUT2D eigenvalue weighted by molar-refractivity contribution is -0.129. The van der Waals surface area contributed by atoms with Crippen LogP contribution in [0.25, 0.3) is 11.6 Å². The maximum atomic E-state index is 12.8. The van der Waals surface area contributed by atoms with E-state index in [-0.39, 0.29) is 5.91 Å². The second-order valence-electron chi connectivity index (χ2n) is 7.41. The van der Waals surface area contributed by atoms with Gasteiger partial charge >= 0.3 is 0 Å². The van der Waals surface area contributed by atoms with Crippen LogP contribution in [-0.4, -0.2) is 37.9 Å². The topological polar surface area (TPSA) is 64.2 Å². The Morgan fingerprint density at radius 2 is 2.00 bits per heavy atom. The minimum atomic E-state index is 0.137. The Balaban J connectivity index is 1.45. The Morgan fingerprint density at radius 1 is 1.18 bits per heavy atom. The van der Waals surface area contributed by atoms with Crippen LogP contribution in [0.3, 0.4) is 0 Å². The number of nitrogens with zero attached hydrogens (tertiary/aromatic N) is 4. The number of furan rings is 1. The molecule has 0 bridgehead atoms. The zero-order valence-corrected chi connectivity index (χ0v) is 17.0. The summed E-state index contributed by atoms with van der Waals surface area (Å²) in [4.78, 5) is 14.7. The van der Waals surface area contributed by atoms with Crippen LogP contribution in [0.15, 0.2) is 52.2 Å². The Hall–Kier alpha value is -2.54. The summed E-state index contributed by atoms with van der Waals surface area (Å²) in [6.45, 7) is 6.53. The van der Waals surface area contributed by atoms with Crippen molar-refractivity contribution >= 4 is 17.7 Å². The molecule has 1 aliphatic heterocycles. The molecule has 0 aliphatic carbocycles. The Bertz CT molecular complexity index is 949. The summed E-state index contributed by atoms with van der Waals surface area (Å²) < 4.78 is 7.55. The van der Waals surface area contributed by atoms with Gasteiger partial charge in [0.25, 0.3) is 0 Å². The van der Waals surface area contributed by atoms with Crippen LogP contribution in [0.2, 0.25) is 0 Å². The first-order chi connectivity index (χ1) is 13.6. The number of hydrogen-bond acceptors (Lipinski definition) is 5. The lowest BCUT2D eigenvalue weighted by Gasteiger charge is -2.28.